The number of nitrogens with two attached hydrogens (primary N) is 1. The van der Waals surface area contributed by atoms with Crippen LogP contribution in [0.25, 0.3) is 11.2 Å². The Labute approximate surface area is 130 Å². The standard InChI is InChI=1S/C13H16N6O4/c14-3-1-2-13(22)9(21)7(4-20)23-12(13)19-6-18-8-10(15)16-5-17-11(8)19/h5-7,9,12,20-22H,1-2,4H2,(H2,15,16,17)/t7-,9-,12-,13-/m1/s1. The topological polar surface area (TPSA) is 163 Å². The molecule has 3 rings (SSSR count). The van der Waals surface area contributed by atoms with E-state index in [-0.39, 0.29) is 18.7 Å². The van der Waals surface area contributed by atoms with Gasteiger partial charge in [0.15, 0.2) is 17.7 Å². The van der Waals surface area contributed by atoms with Gasteiger partial charge in [-0.25, -0.2) is 15.0 Å². The molecule has 0 bridgehead atoms. The van der Waals surface area contributed by atoms with Crippen molar-refractivity contribution in [3.05, 3.63) is 12.7 Å². The van der Waals surface area contributed by atoms with Crippen LogP contribution < -0.4 is 5.73 Å². The maximum Gasteiger partial charge on any atom is 0.168 e. The molecule has 122 valence electrons. The first kappa shape index (κ1) is 15.6. The van der Waals surface area contributed by atoms with E-state index in [1.807, 2.05) is 6.07 Å². The average molecular weight is 320 g/mol. The summed E-state index contributed by atoms with van der Waals surface area (Å²) in [5.41, 5.74) is 4.62. The molecule has 1 saturated heterocycles. The zero-order chi connectivity index (χ0) is 16.6. The maximum absolute atomic E-state index is 10.9. The Morgan fingerprint density at radius 1 is 1.43 bits per heavy atom. The van der Waals surface area contributed by atoms with Crippen LogP contribution in [0.5, 0.6) is 0 Å². The molecule has 0 radical (unpaired) electrons. The molecule has 23 heavy (non-hydrogen) atoms. The van der Waals surface area contributed by atoms with Crippen LogP contribution in [-0.4, -0.2) is 59.3 Å². The zero-order valence-corrected chi connectivity index (χ0v) is 12.1. The number of rotatable bonds is 4. The van der Waals surface area contributed by atoms with E-state index in [0.717, 1.165) is 0 Å². The number of aliphatic hydroxyl groups is 3. The molecule has 5 N–H and O–H groups in total. The van der Waals surface area contributed by atoms with Crippen LogP contribution in [0.3, 0.4) is 0 Å². The summed E-state index contributed by atoms with van der Waals surface area (Å²) in [5, 5.41) is 39.3. The second-order valence-corrected chi connectivity index (χ2v) is 5.39. The number of imidazole rings is 1. The molecule has 10 nitrogen and oxygen atoms in total. The van der Waals surface area contributed by atoms with Crippen LogP contribution in [0.1, 0.15) is 19.1 Å². The minimum absolute atomic E-state index is 0.00925. The van der Waals surface area contributed by atoms with Crippen molar-refractivity contribution in [3.63, 3.8) is 0 Å². The number of nitriles is 1. The molecule has 2 aromatic rings. The van der Waals surface area contributed by atoms with Crippen molar-refractivity contribution in [3.8, 4) is 6.07 Å². The Kier molecular flexibility index (Phi) is 3.87. The summed E-state index contributed by atoms with van der Waals surface area (Å²) in [5.74, 6) is 0.173. The Morgan fingerprint density at radius 2 is 2.22 bits per heavy atom. The molecular formula is C13H16N6O4. The van der Waals surface area contributed by atoms with Crippen molar-refractivity contribution >= 4 is 17.0 Å². The van der Waals surface area contributed by atoms with E-state index in [2.05, 4.69) is 15.0 Å². The van der Waals surface area contributed by atoms with Gasteiger partial charge in [0.05, 0.1) is 19.0 Å². The molecule has 0 aromatic carbocycles. The lowest BCUT2D eigenvalue weighted by Crippen LogP contribution is -2.47. The highest BCUT2D eigenvalue weighted by Gasteiger charge is 2.55. The highest BCUT2D eigenvalue weighted by atomic mass is 16.6. The van der Waals surface area contributed by atoms with Crippen LogP contribution in [0, 0.1) is 11.3 Å². The van der Waals surface area contributed by atoms with E-state index in [0.29, 0.717) is 11.2 Å². The molecule has 1 fully saturated rings. The summed E-state index contributed by atoms with van der Waals surface area (Å²) in [6.07, 6.45) is -0.824. The van der Waals surface area contributed by atoms with E-state index in [4.69, 9.17) is 15.7 Å². The normalized spacial score (nSPS) is 30.6. The van der Waals surface area contributed by atoms with Crippen molar-refractivity contribution in [2.24, 2.45) is 0 Å². The number of hydrogen-bond acceptors (Lipinski definition) is 9. The largest absolute Gasteiger partial charge is 0.394 e. The highest BCUT2D eigenvalue weighted by molar-refractivity contribution is 5.81. The molecule has 0 spiro atoms. The van der Waals surface area contributed by atoms with Gasteiger partial charge in [-0.3, -0.25) is 4.57 Å². The van der Waals surface area contributed by atoms with Gasteiger partial charge in [-0.05, 0) is 6.42 Å². The fourth-order valence-corrected chi connectivity index (χ4v) is 2.84. The number of aliphatic hydroxyl groups excluding tert-OH is 2. The lowest BCUT2D eigenvalue weighted by molar-refractivity contribution is -0.111. The fourth-order valence-electron chi connectivity index (χ4n) is 2.84. The van der Waals surface area contributed by atoms with E-state index >= 15 is 0 Å². The van der Waals surface area contributed by atoms with Crippen LogP contribution in [-0.2, 0) is 4.74 Å². The van der Waals surface area contributed by atoms with Gasteiger partial charge in [0.25, 0.3) is 0 Å². The predicted molar refractivity (Wildman–Crippen MR) is 76.5 cm³/mol. The van der Waals surface area contributed by atoms with Crippen molar-refractivity contribution in [1.29, 1.82) is 5.26 Å². The SMILES string of the molecule is N#CCC[C@@]1(O)[C@H](O)[C@@H](CO)O[C@H]1n1cnc2c(N)ncnc21. The number of nitrogens with zero attached hydrogens (tertiary/aromatic N) is 5. The lowest BCUT2D eigenvalue weighted by atomic mass is 9.89. The predicted octanol–water partition coefficient (Wildman–Crippen LogP) is -1.31. The fraction of sp³-hybridized carbons (Fsp3) is 0.538. The molecular weight excluding hydrogens is 304 g/mol. The van der Waals surface area contributed by atoms with Crippen molar-refractivity contribution in [2.75, 3.05) is 12.3 Å². The molecule has 3 heterocycles. The quantitative estimate of drug-likeness (QED) is 0.535. The number of fused-ring (bicyclic) bond motifs is 1. The van der Waals surface area contributed by atoms with Gasteiger partial charge < -0.3 is 25.8 Å². The van der Waals surface area contributed by atoms with Crippen molar-refractivity contribution in [2.45, 2.75) is 36.9 Å². The van der Waals surface area contributed by atoms with Gasteiger partial charge in [-0.1, -0.05) is 0 Å². The van der Waals surface area contributed by atoms with Crippen molar-refractivity contribution in [1.82, 2.24) is 19.5 Å². The number of anilines is 1. The molecule has 0 aliphatic carbocycles. The van der Waals surface area contributed by atoms with E-state index < -0.39 is 30.6 Å². The van der Waals surface area contributed by atoms with Crippen LogP contribution >= 0.6 is 0 Å². The van der Waals surface area contributed by atoms with Gasteiger partial charge in [0, 0.05) is 6.42 Å². The summed E-state index contributed by atoms with van der Waals surface area (Å²) in [4.78, 5) is 12.0. The molecule has 10 heteroatoms. The zero-order valence-electron chi connectivity index (χ0n) is 12.1. The lowest BCUT2D eigenvalue weighted by Gasteiger charge is -2.30. The first-order valence-corrected chi connectivity index (χ1v) is 6.99. The van der Waals surface area contributed by atoms with Crippen molar-refractivity contribution < 1.29 is 20.1 Å². The Balaban J connectivity index is 2.08. The highest BCUT2D eigenvalue weighted by Crippen LogP contribution is 2.42. The summed E-state index contributed by atoms with van der Waals surface area (Å²) in [6.45, 7) is -0.476. The third-order valence-electron chi connectivity index (χ3n) is 4.05. The van der Waals surface area contributed by atoms with Gasteiger partial charge >= 0.3 is 0 Å². The smallest absolute Gasteiger partial charge is 0.168 e. The first-order valence-electron chi connectivity index (χ1n) is 6.99. The monoisotopic (exact) mass is 320 g/mol. The summed E-state index contributed by atoms with van der Waals surface area (Å²) >= 11 is 0. The van der Waals surface area contributed by atoms with Crippen LogP contribution in [0.4, 0.5) is 5.82 Å². The molecule has 1 aliphatic heterocycles. The van der Waals surface area contributed by atoms with Gasteiger partial charge in [-0.15, -0.1) is 0 Å². The maximum atomic E-state index is 10.9. The van der Waals surface area contributed by atoms with Gasteiger partial charge in [0.2, 0.25) is 0 Å². The van der Waals surface area contributed by atoms with Crippen LogP contribution in [0.2, 0.25) is 0 Å². The van der Waals surface area contributed by atoms with E-state index in [1.165, 1.54) is 17.2 Å². The Morgan fingerprint density at radius 3 is 2.91 bits per heavy atom. The molecule has 2 aromatic heterocycles. The van der Waals surface area contributed by atoms with Gasteiger partial charge in [-0.2, -0.15) is 5.26 Å². The third-order valence-corrected chi connectivity index (χ3v) is 4.05. The molecule has 0 amide bonds. The summed E-state index contributed by atoms with van der Waals surface area (Å²) in [6, 6.07) is 1.93. The Bertz CT molecular complexity index is 758. The molecule has 0 unspecified atom stereocenters. The van der Waals surface area contributed by atoms with Crippen LogP contribution in [0.15, 0.2) is 12.7 Å². The number of hydrogen-bond donors (Lipinski definition) is 4. The number of nitrogen functional groups attached to an aromatic ring is 1. The number of aromatic nitrogens is 4. The van der Waals surface area contributed by atoms with E-state index in [1.54, 1.807) is 0 Å². The first-order chi connectivity index (χ1) is 11.0. The number of ether oxygens (including phenoxy) is 1. The minimum Gasteiger partial charge on any atom is -0.394 e. The van der Waals surface area contributed by atoms with Gasteiger partial charge in [0.1, 0.15) is 29.7 Å². The van der Waals surface area contributed by atoms with E-state index in [9.17, 15) is 15.3 Å². The second-order valence-electron chi connectivity index (χ2n) is 5.39. The average Bonchev–Trinajstić information content (AvgIpc) is 3.07. The second kappa shape index (κ2) is 5.71. The molecule has 0 saturated carbocycles. The molecule has 4 atom stereocenters. The summed E-state index contributed by atoms with van der Waals surface area (Å²) in [7, 11) is 0. The third kappa shape index (κ3) is 2.30. The summed E-state index contributed by atoms with van der Waals surface area (Å²) < 4.78 is 7.01. The minimum atomic E-state index is -1.77. The molecule has 1 aliphatic rings. The Hall–Kier alpha value is -2.32.